The van der Waals surface area contributed by atoms with Crippen LogP contribution in [0.2, 0.25) is 0 Å². The molecule has 70 valence electrons. The van der Waals surface area contributed by atoms with Gasteiger partial charge in [-0.05, 0) is 0 Å². The van der Waals surface area contributed by atoms with Gasteiger partial charge in [-0.15, -0.1) is 0 Å². The third kappa shape index (κ3) is 4130. The van der Waals surface area contributed by atoms with E-state index in [2.05, 4.69) is 0 Å². The summed E-state index contributed by atoms with van der Waals surface area (Å²) < 4.78 is 34.1. The summed E-state index contributed by atoms with van der Waals surface area (Å²) in [4.78, 5) is 0. The molecule has 12 N–H and O–H groups in total. The summed E-state index contributed by atoms with van der Waals surface area (Å²) in [6, 6.07) is 0. The van der Waals surface area contributed by atoms with E-state index in [-0.39, 0.29) is 18.5 Å². The zero-order valence-corrected chi connectivity index (χ0v) is 7.27. The lowest BCUT2D eigenvalue weighted by atomic mass is 11.8. The van der Waals surface area contributed by atoms with Crippen LogP contribution in [0.3, 0.4) is 0 Å². The molecule has 0 amide bonds. The lowest BCUT2D eigenvalue weighted by Gasteiger charge is -2.06. The molecule has 0 aromatic rings. The number of hydrogen-bond donors (Lipinski definition) is 3. The van der Waals surface area contributed by atoms with Crippen molar-refractivity contribution in [3.8, 4) is 0 Å². The lowest BCUT2D eigenvalue weighted by Crippen LogP contribution is -1.91. The maximum atomic E-state index is 8.52. The highest BCUT2D eigenvalue weighted by Gasteiger charge is 1.49. The van der Waals surface area contributed by atoms with Gasteiger partial charge in [0, 0.05) is 10.4 Å². The zero-order chi connectivity index (χ0) is 6.50. The Labute approximate surface area is 59.6 Å². The van der Waals surface area contributed by atoms with Crippen molar-refractivity contribution in [2.75, 3.05) is 7.11 Å². The molecule has 0 rings (SSSR count). The van der Waals surface area contributed by atoms with E-state index in [1.807, 2.05) is 0 Å². The van der Waals surface area contributed by atoms with Crippen molar-refractivity contribution in [1.29, 1.82) is 0 Å². The zero-order valence-electron chi connectivity index (χ0n) is 6.45. The van der Waals surface area contributed by atoms with Gasteiger partial charge in [-0.25, -0.2) is 0 Å². The monoisotopic (exact) mass is 181 g/mol. The Balaban J connectivity index is -0.0000000154. The van der Waals surface area contributed by atoms with Crippen LogP contribution in [0.1, 0.15) is 0 Å². The van der Waals surface area contributed by atoms with Gasteiger partial charge in [0.05, 0.1) is 0 Å². The fourth-order valence-electron chi connectivity index (χ4n) is 0. The van der Waals surface area contributed by atoms with E-state index in [9.17, 15) is 0 Å². The van der Waals surface area contributed by atoms with Crippen molar-refractivity contribution in [2.24, 2.45) is 0 Å². The van der Waals surface area contributed by atoms with Gasteiger partial charge in [-0.1, -0.05) is 0 Å². The van der Waals surface area contributed by atoms with Crippen molar-refractivity contribution >= 4 is 10.4 Å². The molecule has 0 aliphatic heterocycles. The van der Waals surface area contributed by atoms with Crippen LogP contribution in [0.4, 0.5) is 0 Å². The van der Waals surface area contributed by atoms with Gasteiger partial charge in [0.15, 0.2) is 0 Å². The number of hydrogen-bond acceptors (Lipinski definition) is 5. The van der Waals surface area contributed by atoms with E-state index < -0.39 is 10.4 Å². The molecule has 0 saturated carbocycles. The first kappa shape index (κ1) is 33.2. The summed E-state index contributed by atoms with van der Waals surface area (Å²) in [7, 11) is -4.42. The minimum Gasteiger partial charge on any atom is -0.857 e. The Morgan fingerprint density at radius 2 is 0.900 bits per heavy atom. The van der Waals surface area contributed by atoms with Crippen LogP contribution in [0.5, 0.6) is 0 Å². The Morgan fingerprint density at radius 1 is 0.900 bits per heavy atom. The van der Waals surface area contributed by atoms with Crippen molar-refractivity contribution in [2.45, 2.75) is 0 Å². The van der Waals surface area contributed by atoms with E-state index in [1.165, 1.54) is 0 Å². The minimum absolute atomic E-state index is 0. The first-order valence-electron chi connectivity index (χ1n) is 1.07. The predicted octanol–water partition coefficient (Wildman–Crippen LogP) is -1.23. The highest BCUT2D eigenvalue weighted by atomic mass is 32.3. The Bertz CT molecular complexity index is 100. The summed E-state index contributed by atoms with van der Waals surface area (Å²) in [5.74, 6) is 0. The minimum atomic E-state index is -5.17. The maximum Gasteiger partial charge on any atom is 0.0311 e. The second-order valence-corrected chi connectivity index (χ2v) is 1.22. The molecule has 0 heterocycles. The normalized spacial score (nSPS) is 6.40. The molecular formula is CH15N3O5S. The predicted molar refractivity (Wildman–Crippen MR) is 34.4 cm³/mol. The average molecular weight is 181 g/mol. The van der Waals surface area contributed by atoms with Crippen LogP contribution < -0.4 is 23.6 Å². The van der Waals surface area contributed by atoms with Crippen molar-refractivity contribution in [1.82, 2.24) is 18.5 Å². The smallest absolute Gasteiger partial charge is 0.0311 e. The SMILES string of the molecule is C[O-].O=S(=O)([O-])[O-].[NH4+].[NH4+].[NH4+]. The van der Waals surface area contributed by atoms with Crippen molar-refractivity contribution in [3.05, 3.63) is 0 Å². The summed E-state index contributed by atoms with van der Waals surface area (Å²) in [6.45, 7) is 0. The first-order valence-corrected chi connectivity index (χ1v) is 2.41. The molecule has 0 unspecified atom stereocenters. The third-order valence-corrected chi connectivity index (χ3v) is 0. The standard InChI is InChI=1S/CH3O.3H3N.H2O4S/c1-2;;;;1-5(2,3)4/h1H3;3*1H3;(H2,1,2,3,4)/q-1;;;;/p+1. The van der Waals surface area contributed by atoms with Gasteiger partial charge in [0.2, 0.25) is 0 Å². The molecule has 0 aliphatic carbocycles. The van der Waals surface area contributed by atoms with Crippen LogP contribution in [0.25, 0.3) is 0 Å². The van der Waals surface area contributed by atoms with Crippen molar-refractivity contribution < 1.29 is 22.6 Å². The van der Waals surface area contributed by atoms with Gasteiger partial charge >= 0.3 is 0 Å². The molecule has 0 aliphatic rings. The van der Waals surface area contributed by atoms with Crippen LogP contribution in [-0.2, 0) is 10.4 Å². The van der Waals surface area contributed by atoms with E-state index in [1.54, 1.807) is 0 Å². The van der Waals surface area contributed by atoms with Gasteiger partial charge in [0.1, 0.15) is 0 Å². The van der Waals surface area contributed by atoms with Gasteiger partial charge in [0.25, 0.3) is 0 Å². The molecule has 8 nitrogen and oxygen atoms in total. The molecule has 0 bridgehead atoms. The van der Waals surface area contributed by atoms with Crippen LogP contribution in [0.15, 0.2) is 0 Å². The molecule has 0 spiro atoms. The van der Waals surface area contributed by atoms with Gasteiger partial charge < -0.3 is 32.7 Å². The van der Waals surface area contributed by atoms with E-state index in [4.69, 9.17) is 22.6 Å². The molecule has 0 radical (unpaired) electrons. The largest absolute Gasteiger partial charge is 0.857 e. The Hall–Kier alpha value is -0.290. The number of quaternary nitrogens is 3. The van der Waals surface area contributed by atoms with E-state index in [0.717, 1.165) is 7.11 Å². The fourth-order valence-corrected chi connectivity index (χ4v) is 0. The molecule has 0 aromatic heterocycles. The fraction of sp³-hybridized carbons (Fsp3) is 1.00. The summed E-state index contributed by atoms with van der Waals surface area (Å²) in [5, 5.41) is 8.25. The Morgan fingerprint density at radius 3 is 0.900 bits per heavy atom. The van der Waals surface area contributed by atoms with E-state index >= 15 is 0 Å². The molecule has 0 saturated heterocycles. The summed E-state index contributed by atoms with van der Waals surface area (Å²) >= 11 is 0. The molecule has 0 aromatic carbocycles. The van der Waals surface area contributed by atoms with Crippen LogP contribution in [0, 0.1) is 0 Å². The van der Waals surface area contributed by atoms with Crippen LogP contribution in [-0.4, -0.2) is 24.6 Å². The average Bonchev–Trinajstić information content (AvgIpc) is 1.36. The number of rotatable bonds is 0. The summed E-state index contributed by atoms with van der Waals surface area (Å²) in [6.07, 6.45) is 0. The molecule has 0 fully saturated rings. The topological polar surface area (TPSA) is 213 Å². The Kier molecular flexibility index (Phi) is 52.7. The lowest BCUT2D eigenvalue weighted by molar-refractivity contribution is -0.325. The second kappa shape index (κ2) is 15.9. The molecule has 0 atom stereocenters. The first-order chi connectivity index (χ1) is 3.00. The molecule has 9 heteroatoms. The quantitative estimate of drug-likeness (QED) is 0.308. The van der Waals surface area contributed by atoms with E-state index in [0.29, 0.717) is 0 Å². The molecular weight excluding hydrogens is 166 g/mol. The summed E-state index contributed by atoms with van der Waals surface area (Å²) in [5.41, 5.74) is 0. The third-order valence-electron chi connectivity index (χ3n) is 0. The second-order valence-electron chi connectivity index (χ2n) is 0.408. The highest BCUT2D eigenvalue weighted by molar-refractivity contribution is 7.79. The van der Waals surface area contributed by atoms with Gasteiger partial charge in [-0.3, -0.25) is 8.42 Å². The van der Waals surface area contributed by atoms with Crippen LogP contribution >= 0.6 is 0 Å². The molecule has 10 heavy (non-hydrogen) atoms. The maximum absolute atomic E-state index is 8.52. The van der Waals surface area contributed by atoms with Crippen molar-refractivity contribution in [3.63, 3.8) is 0 Å². The highest BCUT2D eigenvalue weighted by Crippen LogP contribution is 1.57. The van der Waals surface area contributed by atoms with Gasteiger partial charge in [-0.2, -0.15) is 7.11 Å².